The number of nitrogens with zero attached hydrogens (tertiary/aromatic N) is 1. The van der Waals surface area contributed by atoms with Crippen LogP contribution in [0.15, 0.2) is 0 Å². The van der Waals surface area contributed by atoms with Crippen molar-refractivity contribution in [3.05, 3.63) is 0 Å². The van der Waals surface area contributed by atoms with Gasteiger partial charge in [0.15, 0.2) is 0 Å². The Labute approximate surface area is 92.0 Å². The maximum absolute atomic E-state index is 11.7. The standard InChI is InChI=1S/C11H22N2O2/c1-3-5-6-12-11(14)13-7-8-15-10(4-2)9-13/h10H,3-9H2,1-2H3,(H,12,14). The number of morpholine rings is 1. The molecule has 88 valence electrons. The highest BCUT2D eigenvalue weighted by molar-refractivity contribution is 5.74. The van der Waals surface area contributed by atoms with Gasteiger partial charge in [0.25, 0.3) is 0 Å². The van der Waals surface area contributed by atoms with Crippen molar-refractivity contribution < 1.29 is 9.53 Å². The number of amides is 2. The number of carbonyl (C=O) groups excluding carboxylic acids is 1. The van der Waals surface area contributed by atoms with Crippen molar-refractivity contribution in [3.8, 4) is 0 Å². The van der Waals surface area contributed by atoms with Crippen LogP contribution in [0.4, 0.5) is 4.79 Å². The van der Waals surface area contributed by atoms with Crippen molar-refractivity contribution in [1.29, 1.82) is 0 Å². The Bertz CT molecular complexity index is 197. The summed E-state index contributed by atoms with van der Waals surface area (Å²) in [5.74, 6) is 0. The highest BCUT2D eigenvalue weighted by Gasteiger charge is 2.22. The molecule has 1 aliphatic heterocycles. The van der Waals surface area contributed by atoms with E-state index in [4.69, 9.17) is 4.74 Å². The number of carbonyl (C=O) groups is 1. The molecule has 1 saturated heterocycles. The largest absolute Gasteiger partial charge is 0.375 e. The van der Waals surface area contributed by atoms with Gasteiger partial charge in [-0.25, -0.2) is 4.79 Å². The molecule has 0 aromatic rings. The van der Waals surface area contributed by atoms with Gasteiger partial charge in [0.05, 0.1) is 12.7 Å². The number of hydrogen-bond acceptors (Lipinski definition) is 2. The maximum atomic E-state index is 11.7. The Morgan fingerprint density at radius 2 is 2.33 bits per heavy atom. The number of nitrogens with one attached hydrogen (secondary N) is 1. The molecule has 1 rings (SSSR count). The third-order valence-corrected chi connectivity index (χ3v) is 2.69. The fourth-order valence-corrected chi connectivity index (χ4v) is 1.63. The van der Waals surface area contributed by atoms with Crippen LogP contribution in [0.25, 0.3) is 0 Å². The first-order chi connectivity index (χ1) is 7.27. The first-order valence-corrected chi connectivity index (χ1v) is 5.92. The van der Waals surface area contributed by atoms with Gasteiger partial charge in [-0.1, -0.05) is 20.3 Å². The summed E-state index contributed by atoms with van der Waals surface area (Å²) in [7, 11) is 0. The van der Waals surface area contributed by atoms with Crippen molar-refractivity contribution in [3.63, 3.8) is 0 Å². The second kappa shape index (κ2) is 6.67. The minimum Gasteiger partial charge on any atom is -0.375 e. The van der Waals surface area contributed by atoms with Gasteiger partial charge in [-0.3, -0.25) is 0 Å². The zero-order chi connectivity index (χ0) is 11.1. The van der Waals surface area contributed by atoms with Crippen LogP contribution in [0, 0.1) is 0 Å². The summed E-state index contributed by atoms with van der Waals surface area (Å²) in [4.78, 5) is 13.5. The van der Waals surface area contributed by atoms with Crippen LogP contribution in [0.2, 0.25) is 0 Å². The normalized spacial score (nSPS) is 21.5. The Kier molecular flexibility index (Phi) is 5.47. The average molecular weight is 214 g/mol. The molecule has 4 nitrogen and oxygen atoms in total. The lowest BCUT2D eigenvalue weighted by Crippen LogP contribution is -2.49. The fraction of sp³-hybridized carbons (Fsp3) is 0.909. The number of rotatable bonds is 4. The van der Waals surface area contributed by atoms with Crippen LogP contribution in [0.1, 0.15) is 33.1 Å². The molecule has 0 spiro atoms. The third-order valence-electron chi connectivity index (χ3n) is 2.69. The topological polar surface area (TPSA) is 41.6 Å². The van der Waals surface area contributed by atoms with Crippen molar-refractivity contribution in [2.24, 2.45) is 0 Å². The van der Waals surface area contributed by atoms with Crippen LogP contribution in [-0.2, 0) is 4.74 Å². The smallest absolute Gasteiger partial charge is 0.317 e. The van der Waals surface area contributed by atoms with Gasteiger partial charge >= 0.3 is 6.03 Å². The maximum Gasteiger partial charge on any atom is 0.317 e. The van der Waals surface area contributed by atoms with E-state index < -0.39 is 0 Å². The highest BCUT2D eigenvalue weighted by atomic mass is 16.5. The monoisotopic (exact) mass is 214 g/mol. The second-order valence-electron chi connectivity index (χ2n) is 3.93. The number of ether oxygens (including phenoxy) is 1. The van der Waals surface area contributed by atoms with Crippen LogP contribution in [0.3, 0.4) is 0 Å². The highest BCUT2D eigenvalue weighted by Crippen LogP contribution is 2.07. The van der Waals surface area contributed by atoms with E-state index in [0.29, 0.717) is 13.2 Å². The van der Waals surface area contributed by atoms with E-state index in [1.807, 2.05) is 4.90 Å². The minimum atomic E-state index is 0.0604. The zero-order valence-corrected chi connectivity index (χ0v) is 9.79. The molecule has 0 saturated carbocycles. The predicted octanol–water partition coefficient (Wildman–Crippen LogP) is 1.61. The van der Waals surface area contributed by atoms with Crippen LogP contribution in [0.5, 0.6) is 0 Å². The van der Waals surface area contributed by atoms with Gasteiger partial charge < -0.3 is 15.0 Å². The molecule has 2 amide bonds. The lowest BCUT2D eigenvalue weighted by atomic mass is 10.2. The van der Waals surface area contributed by atoms with Gasteiger partial charge in [-0.2, -0.15) is 0 Å². The summed E-state index contributed by atoms with van der Waals surface area (Å²) in [5.41, 5.74) is 0. The van der Waals surface area contributed by atoms with Gasteiger partial charge in [0.1, 0.15) is 0 Å². The van der Waals surface area contributed by atoms with Gasteiger partial charge in [0.2, 0.25) is 0 Å². The molecule has 1 fully saturated rings. The van der Waals surface area contributed by atoms with E-state index in [1.54, 1.807) is 0 Å². The molecule has 0 aliphatic carbocycles. The van der Waals surface area contributed by atoms with Crippen molar-refractivity contribution >= 4 is 6.03 Å². The summed E-state index contributed by atoms with van der Waals surface area (Å²) < 4.78 is 5.51. The van der Waals surface area contributed by atoms with E-state index in [0.717, 1.165) is 32.4 Å². The summed E-state index contributed by atoms with van der Waals surface area (Å²) in [6, 6.07) is 0.0604. The summed E-state index contributed by atoms with van der Waals surface area (Å²) in [6.45, 7) is 7.10. The van der Waals surface area contributed by atoms with Gasteiger partial charge in [-0.15, -0.1) is 0 Å². The SMILES string of the molecule is CCCCNC(=O)N1CCOC(CC)C1. The molecule has 1 unspecified atom stereocenters. The number of urea groups is 1. The Hall–Kier alpha value is -0.770. The molecular formula is C11H22N2O2. The molecule has 0 radical (unpaired) electrons. The number of hydrogen-bond donors (Lipinski definition) is 1. The van der Waals surface area contributed by atoms with E-state index in [2.05, 4.69) is 19.2 Å². The first-order valence-electron chi connectivity index (χ1n) is 5.92. The zero-order valence-electron chi connectivity index (χ0n) is 9.79. The van der Waals surface area contributed by atoms with Crippen LogP contribution < -0.4 is 5.32 Å². The molecular weight excluding hydrogens is 192 g/mol. The Morgan fingerprint density at radius 3 is 3.00 bits per heavy atom. The lowest BCUT2D eigenvalue weighted by Gasteiger charge is -2.32. The number of unbranched alkanes of at least 4 members (excludes halogenated alkanes) is 1. The third kappa shape index (κ3) is 4.08. The van der Waals surface area contributed by atoms with E-state index >= 15 is 0 Å². The predicted molar refractivity (Wildman–Crippen MR) is 59.9 cm³/mol. The molecule has 0 bridgehead atoms. The summed E-state index contributed by atoms with van der Waals surface area (Å²) in [6.07, 6.45) is 3.35. The van der Waals surface area contributed by atoms with E-state index in [-0.39, 0.29) is 12.1 Å². The molecule has 0 aromatic carbocycles. The van der Waals surface area contributed by atoms with Crippen LogP contribution in [-0.4, -0.2) is 43.3 Å². The van der Waals surface area contributed by atoms with Crippen LogP contribution >= 0.6 is 0 Å². The first kappa shape index (κ1) is 12.3. The second-order valence-corrected chi connectivity index (χ2v) is 3.93. The molecule has 4 heteroatoms. The molecule has 15 heavy (non-hydrogen) atoms. The summed E-state index contributed by atoms with van der Waals surface area (Å²) in [5, 5.41) is 2.93. The van der Waals surface area contributed by atoms with Crippen molar-refractivity contribution in [1.82, 2.24) is 10.2 Å². The fourth-order valence-electron chi connectivity index (χ4n) is 1.63. The van der Waals surface area contributed by atoms with Gasteiger partial charge in [-0.05, 0) is 12.8 Å². The molecule has 1 heterocycles. The van der Waals surface area contributed by atoms with E-state index in [1.165, 1.54) is 0 Å². The molecule has 1 aliphatic rings. The Balaban J connectivity index is 2.25. The molecule has 1 N–H and O–H groups in total. The minimum absolute atomic E-state index is 0.0604. The lowest BCUT2D eigenvalue weighted by molar-refractivity contribution is -0.0153. The molecule has 1 atom stereocenters. The summed E-state index contributed by atoms with van der Waals surface area (Å²) >= 11 is 0. The average Bonchev–Trinajstić information content (AvgIpc) is 2.29. The molecule has 0 aromatic heterocycles. The van der Waals surface area contributed by atoms with Crippen molar-refractivity contribution in [2.75, 3.05) is 26.2 Å². The van der Waals surface area contributed by atoms with Crippen molar-refractivity contribution in [2.45, 2.75) is 39.2 Å². The van der Waals surface area contributed by atoms with Gasteiger partial charge in [0, 0.05) is 19.6 Å². The quantitative estimate of drug-likeness (QED) is 0.722. The van der Waals surface area contributed by atoms with E-state index in [9.17, 15) is 4.79 Å². The Morgan fingerprint density at radius 1 is 1.53 bits per heavy atom.